The lowest BCUT2D eigenvalue weighted by Crippen LogP contribution is -2.70. The van der Waals surface area contributed by atoms with E-state index in [9.17, 15) is 27.9 Å². The number of β-lactam (4-membered cyclic amide) rings is 1. The first-order chi connectivity index (χ1) is 16.1. The average Bonchev–Trinajstić information content (AvgIpc) is 3.45. The summed E-state index contributed by atoms with van der Waals surface area (Å²) in [6, 6.07) is 2.93. The van der Waals surface area contributed by atoms with E-state index in [4.69, 9.17) is 0 Å². The van der Waals surface area contributed by atoms with Gasteiger partial charge in [0.2, 0.25) is 15.9 Å². The quantitative estimate of drug-likeness (QED) is 0.279. The summed E-state index contributed by atoms with van der Waals surface area (Å²) < 4.78 is 25.3. The molecule has 0 bridgehead atoms. The largest absolute Gasteiger partial charge is 0.477 e. The predicted octanol–water partition coefficient (Wildman–Crippen LogP) is 0.722. The number of fused-ring (bicyclic) bond motifs is 1. The molecule has 0 aromatic carbocycles. The standard InChI is InChI=1S/C18H19N5O6S5/c1-34(28,29)19-6-12-21-22-18(33-12)32-8-9-7-31-16-13(15(25)23(16)14(9)17(26)27)20-11(24)5-10-3-2-4-30-10/h2-4,13,16,19H,5-8H2,1H3,(H,20,24)(H,26,27)/t13?,16-/m1/s1. The molecule has 2 aliphatic rings. The van der Waals surface area contributed by atoms with E-state index in [1.807, 2.05) is 17.5 Å². The Balaban J connectivity index is 1.38. The van der Waals surface area contributed by atoms with Crippen LogP contribution in [0.4, 0.5) is 0 Å². The van der Waals surface area contributed by atoms with Crippen molar-refractivity contribution in [1.29, 1.82) is 0 Å². The first-order valence-electron chi connectivity index (χ1n) is 9.74. The number of carbonyl (C=O) groups excluding carboxylic acids is 2. The maximum atomic E-state index is 12.7. The number of hydrogen-bond donors (Lipinski definition) is 3. The molecule has 1 unspecified atom stereocenters. The van der Waals surface area contributed by atoms with E-state index in [1.165, 1.54) is 51.1 Å². The second kappa shape index (κ2) is 10.3. The second-order valence-electron chi connectivity index (χ2n) is 7.31. The third-order valence-electron chi connectivity index (χ3n) is 4.78. The molecule has 2 aromatic rings. The molecular formula is C18H19N5O6S5. The number of thiophene rings is 1. The predicted molar refractivity (Wildman–Crippen MR) is 130 cm³/mol. The van der Waals surface area contributed by atoms with Crippen LogP contribution in [-0.4, -0.2) is 75.6 Å². The molecular weight excluding hydrogens is 543 g/mol. The number of aromatic nitrogens is 2. The molecule has 0 aliphatic carbocycles. The summed E-state index contributed by atoms with van der Waals surface area (Å²) in [5.41, 5.74) is 0.509. The fourth-order valence-corrected chi connectivity index (χ4v) is 7.81. The van der Waals surface area contributed by atoms with Gasteiger partial charge in [0.1, 0.15) is 22.1 Å². The number of amides is 2. The number of carbonyl (C=O) groups is 3. The van der Waals surface area contributed by atoms with Crippen molar-refractivity contribution in [2.75, 3.05) is 17.8 Å². The maximum Gasteiger partial charge on any atom is 0.352 e. The van der Waals surface area contributed by atoms with Crippen molar-refractivity contribution in [3.63, 3.8) is 0 Å². The molecule has 2 aromatic heterocycles. The van der Waals surface area contributed by atoms with Crippen LogP contribution in [-0.2, 0) is 37.4 Å². The molecule has 4 heterocycles. The van der Waals surface area contributed by atoms with Crippen molar-refractivity contribution in [2.45, 2.75) is 28.7 Å². The van der Waals surface area contributed by atoms with Crippen LogP contribution < -0.4 is 10.0 Å². The number of rotatable bonds is 10. The summed E-state index contributed by atoms with van der Waals surface area (Å²) >= 11 is 5.33. The molecule has 0 saturated carbocycles. The van der Waals surface area contributed by atoms with E-state index in [0.29, 0.717) is 20.7 Å². The lowest BCUT2D eigenvalue weighted by Gasteiger charge is -2.49. The lowest BCUT2D eigenvalue weighted by molar-refractivity contribution is -0.150. The Kier molecular flexibility index (Phi) is 7.63. The second-order valence-corrected chi connectivity index (χ2v) is 13.6. The van der Waals surface area contributed by atoms with Crippen molar-refractivity contribution in [1.82, 2.24) is 25.1 Å². The highest BCUT2D eigenvalue weighted by Crippen LogP contribution is 2.41. The molecule has 1 saturated heterocycles. The van der Waals surface area contributed by atoms with Crippen molar-refractivity contribution < 1.29 is 27.9 Å². The zero-order valence-electron chi connectivity index (χ0n) is 17.6. The van der Waals surface area contributed by atoms with Gasteiger partial charge >= 0.3 is 5.97 Å². The van der Waals surface area contributed by atoms with E-state index in [-0.39, 0.29) is 30.3 Å². The van der Waals surface area contributed by atoms with Gasteiger partial charge in [-0.15, -0.1) is 33.3 Å². The molecule has 2 aliphatic heterocycles. The van der Waals surface area contributed by atoms with Crippen molar-refractivity contribution >= 4 is 74.0 Å². The number of carboxylic acid groups (broad SMARTS) is 1. The highest BCUT2D eigenvalue weighted by Gasteiger charge is 2.54. The molecule has 34 heavy (non-hydrogen) atoms. The number of sulfonamides is 1. The molecule has 11 nitrogen and oxygen atoms in total. The number of thioether (sulfide) groups is 2. The van der Waals surface area contributed by atoms with Gasteiger partial charge in [-0.05, 0) is 17.0 Å². The van der Waals surface area contributed by atoms with Gasteiger partial charge in [-0.2, -0.15) is 0 Å². The number of nitrogens with zero attached hydrogens (tertiary/aromatic N) is 3. The van der Waals surface area contributed by atoms with Crippen LogP contribution in [0.3, 0.4) is 0 Å². The highest BCUT2D eigenvalue weighted by atomic mass is 32.2. The summed E-state index contributed by atoms with van der Waals surface area (Å²) in [6.45, 7) is 0.0273. The number of nitrogens with one attached hydrogen (secondary N) is 2. The lowest BCUT2D eigenvalue weighted by atomic mass is 10.0. The molecule has 2 atom stereocenters. The monoisotopic (exact) mass is 561 g/mol. The van der Waals surface area contributed by atoms with Gasteiger partial charge in [0.05, 0.1) is 19.2 Å². The summed E-state index contributed by atoms with van der Waals surface area (Å²) in [5.74, 6) is -1.24. The SMILES string of the molecule is CS(=O)(=O)NCc1nnc(SCC2=C(C(=O)O)N3C(=O)C(NC(=O)Cc4cccs4)[C@H]3SC2)s1. The van der Waals surface area contributed by atoms with Crippen molar-refractivity contribution in [3.8, 4) is 0 Å². The number of hydrogen-bond acceptors (Lipinski definition) is 11. The van der Waals surface area contributed by atoms with Crippen LogP contribution in [0.15, 0.2) is 33.1 Å². The third-order valence-corrected chi connectivity index (χ3v) is 9.81. The van der Waals surface area contributed by atoms with Gasteiger partial charge in [0.25, 0.3) is 5.91 Å². The number of aliphatic carboxylic acids is 1. The molecule has 4 rings (SSSR count). The van der Waals surface area contributed by atoms with E-state index in [0.717, 1.165) is 11.1 Å². The van der Waals surface area contributed by atoms with Gasteiger partial charge in [-0.25, -0.2) is 17.9 Å². The zero-order valence-corrected chi connectivity index (χ0v) is 21.7. The summed E-state index contributed by atoms with van der Waals surface area (Å²) in [4.78, 5) is 39.2. The van der Waals surface area contributed by atoms with E-state index >= 15 is 0 Å². The van der Waals surface area contributed by atoms with Gasteiger partial charge in [0.15, 0.2) is 4.34 Å². The van der Waals surface area contributed by atoms with E-state index in [1.54, 1.807) is 0 Å². The van der Waals surface area contributed by atoms with Crippen LogP contribution in [0.5, 0.6) is 0 Å². The summed E-state index contributed by atoms with van der Waals surface area (Å²) in [6.07, 6.45) is 1.22. The Bertz CT molecular complexity index is 1240. The zero-order chi connectivity index (χ0) is 24.5. The topological polar surface area (TPSA) is 159 Å². The van der Waals surface area contributed by atoms with Gasteiger partial charge < -0.3 is 10.4 Å². The maximum absolute atomic E-state index is 12.7. The average molecular weight is 562 g/mol. The van der Waals surface area contributed by atoms with E-state index in [2.05, 4.69) is 20.2 Å². The van der Waals surface area contributed by atoms with Gasteiger partial charge in [-0.1, -0.05) is 29.2 Å². The minimum atomic E-state index is -3.35. The van der Waals surface area contributed by atoms with Gasteiger partial charge in [-0.3, -0.25) is 14.5 Å². The summed E-state index contributed by atoms with van der Waals surface area (Å²) in [5, 5.41) is 22.3. The van der Waals surface area contributed by atoms with Crippen LogP contribution >= 0.6 is 46.2 Å². The molecule has 0 radical (unpaired) electrons. The molecule has 16 heteroatoms. The smallest absolute Gasteiger partial charge is 0.352 e. The Hall–Kier alpha value is -1.98. The number of carboxylic acids is 1. The fourth-order valence-electron chi connectivity index (χ4n) is 3.30. The minimum Gasteiger partial charge on any atom is -0.477 e. The van der Waals surface area contributed by atoms with Crippen molar-refractivity contribution in [2.24, 2.45) is 0 Å². The van der Waals surface area contributed by atoms with Crippen LogP contribution in [0, 0.1) is 0 Å². The van der Waals surface area contributed by atoms with Crippen LogP contribution in [0.25, 0.3) is 0 Å². The Morgan fingerprint density at radius 1 is 1.35 bits per heavy atom. The summed E-state index contributed by atoms with van der Waals surface area (Å²) in [7, 11) is -3.35. The molecule has 3 N–H and O–H groups in total. The highest BCUT2D eigenvalue weighted by molar-refractivity contribution is 8.01. The van der Waals surface area contributed by atoms with E-state index < -0.39 is 33.3 Å². The fraction of sp³-hybridized carbons (Fsp3) is 0.389. The van der Waals surface area contributed by atoms with Crippen LogP contribution in [0.2, 0.25) is 0 Å². The normalized spacial score (nSPS) is 20.1. The Morgan fingerprint density at radius 3 is 2.82 bits per heavy atom. The Morgan fingerprint density at radius 2 is 2.15 bits per heavy atom. The molecule has 1 fully saturated rings. The van der Waals surface area contributed by atoms with Crippen molar-refractivity contribution in [3.05, 3.63) is 38.7 Å². The molecule has 182 valence electrons. The Labute approximate surface area is 211 Å². The van der Waals surface area contributed by atoms with Crippen LogP contribution in [0.1, 0.15) is 9.88 Å². The first kappa shape index (κ1) is 25.1. The molecule has 0 spiro atoms. The minimum absolute atomic E-state index is 0.0273. The van der Waals surface area contributed by atoms with Gasteiger partial charge in [0, 0.05) is 16.4 Å². The first-order valence-corrected chi connectivity index (χ1v) is 15.4. The third kappa shape index (κ3) is 5.80. The molecule has 2 amide bonds.